The molecule has 1 saturated heterocycles. The lowest BCUT2D eigenvalue weighted by Gasteiger charge is -2.33. The van der Waals surface area contributed by atoms with E-state index in [1.165, 1.54) is 9.21 Å². The van der Waals surface area contributed by atoms with Crippen molar-refractivity contribution in [3.63, 3.8) is 0 Å². The molecule has 9 heteroatoms. The van der Waals surface area contributed by atoms with Gasteiger partial charge >= 0.3 is 6.09 Å². The number of hydrogen-bond donors (Lipinski definition) is 0. The van der Waals surface area contributed by atoms with E-state index < -0.39 is 16.1 Å². The van der Waals surface area contributed by atoms with Crippen molar-refractivity contribution in [3.8, 4) is 0 Å². The highest BCUT2D eigenvalue weighted by Crippen LogP contribution is 2.28. The van der Waals surface area contributed by atoms with Crippen molar-refractivity contribution < 1.29 is 17.9 Å². The molecule has 0 saturated carbocycles. The van der Waals surface area contributed by atoms with E-state index in [4.69, 9.17) is 4.74 Å². The van der Waals surface area contributed by atoms with Crippen LogP contribution in [-0.2, 0) is 21.4 Å². The normalized spacial score (nSPS) is 15.6. The zero-order valence-electron chi connectivity index (χ0n) is 14.3. The van der Waals surface area contributed by atoms with Gasteiger partial charge in [0.1, 0.15) is 6.61 Å². The van der Waals surface area contributed by atoms with Gasteiger partial charge in [0, 0.05) is 35.1 Å². The standard InChI is InChI=1S/C18H18Br2N2O4S/c19-15-6-7-16(20)17(12-15)27(24,25)22-10-8-21(9-11-22)18(23)26-13-14-4-2-1-3-5-14/h1-7,12H,8-11,13H2. The SMILES string of the molecule is O=C(OCc1ccccc1)N1CCN(S(=O)(=O)c2cc(Br)ccc2Br)CC1. The summed E-state index contributed by atoms with van der Waals surface area (Å²) in [5, 5.41) is 0. The maximum atomic E-state index is 12.9. The van der Waals surface area contributed by atoms with E-state index in [0.29, 0.717) is 22.0 Å². The zero-order chi connectivity index (χ0) is 19.4. The first-order chi connectivity index (χ1) is 12.9. The maximum Gasteiger partial charge on any atom is 0.410 e. The van der Waals surface area contributed by atoms with E-state index in [1.807, 2.05) is 30.3 Å². The highest BCUT2D eigenvalue weighted by Gasteiger charge is 2.32. The third kappa shape index (κ3) is 4.90. The lowest BCUT2D eigenvalue weighted by Crippen LogP contribution is -2.50. The summed E-state index contributed by atoms with van der Waals surface area (Å²) in [5.74, 6) is 0. The van der Waals surface area contributed by atoms with E-state index >= 15 is 0 Å². The van der Waals surface area contributed by atoms with E-state index in [9.17, 15) is 13.2 Å². The Morgan fingerprint density at radius 2 is 1.67 bits per heavy atom. The minimum atomic E-state index is -3.64. The molecule has 0 aliphatic carbocycles. The predicted octanol–water partition coefficient (Wildman–Crippen LogP) is 3.85. The van der Waals surface area contributed by atoms with Crippen molar-refractivity contribution in [1.29, 1.82) is 0 Å². The fourth-order valence-corrected chi connectivity index (χ4v) is 5.62. The van der Waals surface area contributed by atoms with Crippen LogP contribution in [0.15, 0.2) is 62.4 Å². The molecule has 0 unspecified atom stereocenters. The Morgan fingerprint density at radius 3 is 2.33 bits per heavy atom. The Labute approximate surface area is 175 Å². The highest BCUT2D eigenvalue weighted by molar-refractivity contribution is 9.11. The maximum absolute atomic E-state index is 12.9. The summed E-state index contributed by atoms with van der Waals surface area (Å²) in [6.45, 7) is 1.23. The zero-order valence-corrected chi connectivity index (χ0v) is 18.3. The first-order valence-electron chi connectivity index (χ1n) is 8.29. The number of amides is 1. The summed E-state index contributed by atoms with van der Waals surface area (Å²) < 4.78 is 33.7. The van der Waals surface area contributed by atoms with Crippen molar-refractivity contribution in [1.82, 2.24) is 9.21 Å². The fraction of sp³-hybridized carbons (Fsp3) is 0.278. The summed E-state index contributed by atoms with van der Waals surface area (Å²) >= 11 is 6.60. The Hall–Kier alpha value is -1.42. The number of ether oxygens (including phenoxy) is 1. The number of benzene rings is 2. The molecule has 27 heavy (non-hydrogen) atoms. The molecule has 0 spiro atoms. The third-order valence-electron chi connectivity index (χ3n) is 4.21. The van der Waals surface area contributed by atoms with Crippen LogP contribution in [0.5, 0.6) is 0 Å². The van der Waals surface area contributed by atoms with Gasteiger partial charge in [0.05, 0.1) is 4.90 Å². The number of sulfonamides is 1. The third-order valence-corrected chi connectivity index (χ3v) is 7.60. The number of piperazine rings is 1. The average Bonchev–Trinajstić information content (AvgIpc) is 2.68. The molecule has 1 aliphatic heterocycles. The van der Waals surface area contributed by atoms with Crippen LogP contribution >= 0.6 is 31.9 Å². The number of carbonyl (C=O) groups is 1. The molecule has 6 nitrogen and oxygen atoms in total. The minimum Gasteiger partial charge on any atom is -0.445 e. The molecule has 2 aromatic rings. The van der Waals surface area contributed by atoms with Crippen LogP contribution in [0.2, 0.25) is 0 Å². The first kappa shape index (κ1) is 20.3. The number of halogens is 2. The van der Waals surface area contributed by atoms with Crippen LogP contribution in [0.1, 0.15) is 5.56 Å². The van der Waals surface area contributed by atoms with Gasteiger partial charge in [-0.3, -0.25) is 0 Å². The molecule has 0 N–H and O–H groups in total. The molecule has 3 rings (SSSR count). The van der Waals surface area contributed by atoms with Crippen LogP contribution in [0, 0.1) is 0 Å². The van der Waals surface area contributed by atoms with E-state index in [2.05, 4.69) is 31.9 Å². The predicted molar refractivity (Wildman–Crippen MR) is 109 cm³/mol. The molecule has 1 amide bonds. The molecular formula is C18H18Br2N2O4S. The van der Waals surface area contributed by atoms with Gasteiger partial charge in [-0.2, -0.15) is 4.31 Å². The van der Waals surface area contributed by atoms with Crippen LogP contribution in [-0.4, -0.2) is 49.9 Å². The summed E-state index contributed by atoms with van der Waals surface area (Å²) in [6.07, 6.45) is -0.431. The number of carbonyl (C=O) groups excluding carboxylic acids is 1. The second-order valence-electron chi connectivity index (χ2n) is 6.01. The summed E-state index contributed by atoms with van der Waals surface area (Å²) in [6, 6.07) is 14.5. The number of nitrogens with zero attached hydrogens (tertiary/aromatic N) is 2. The lowest BCUT2D eigenvalue weighted by molar-refractivity contribution is 0.0838. The van der Waals surface area contributed by atoms with Crippen LogP contribution in [0.4, 0.5) is 4.79 Å². The Balaban J connectivity index is 1.59. The van der Waals surface area contributed by atoms with E-state index in [-0.39, 0.29) is 24.6 Å². The largest absolute Gasteiger partial charge is 0.445 e. The first-order valence-corrected chi connectivity index (χ1v) is 11.3. The molecular weight excluding hydrogens is 500 g/mol. The minimum absolute atomic E-state index is 0.198. The fourth-order valence-electron chi connectivity index (χ4n) is 2.74. The molecule has 1 fully saturated rings. The average molecular weight is 518 g/mol. The van der Waals surface area contributed by atoms with Gasteiger partial charge < -0.3 is 9.64 Å². The smallest absolute Gasteiger partial charge is 0.410 e. The molecule has 1 heterocycles. The van der Waals surface area contributed by atoms with Gasteiger partial charge in [0.15, 0.2) is 0 Å². The van der Waals surface area contributed by atoms with Gasteiger partial charge in [-0.15, -0.1) is 0 Å². The van der Waals surface area contributed by atoms with Crippen molar-refractivity contribution >= 4 is 48.0 Å². The number of rotatable bonds is 4. The molecule has 0 atom stereocenters. The molecule has 2 aromatic carbocycles. The van der Waals surface area contributed by atoms with Crippen molar-refractivity contribution in [3.05, 3.63) is 63.0 Å². The van der Waals surface area contributed by atoms with Gasteiger partial charge in [-0.25, -0.2) is 13.2 Å². The monoisotopic (exact) mass is 516 g/mol. The molecule has 1 aliphatic rings. The van der Waals surface area contributed by atoms with Gasteiger partial charge in [-0.05, 0) is 39.7 Å². The molecule has 0 bridgehead atoms. The lowest BCUT2D eigenvalue weighted by atomic mass is 10.2. The Kier molecular flexibility index (Phi) is 6.56. The van der Waals surface area contributed by atoms with Gasteiger partial charge in [0.25, 0.3) is 0 Å². The van der Waals surface area contributed by atoms with Gasteiger partial charge in [-0.1, -0.05) is 46.3 Å². The van der Waals surface area contributed by atoms with Crippen LogP contribution < -0.4 is 0 Å². The van der Waals surface area contributed by atoms with Crippen molar-refractivity contribution in [2.45, 2.75) is 11.5 Å². The second-order valence-corrected chi connectivity index (χ2v) is 9.68. The van der Waals surface area contributed by atoms with Crippen LogP contribution in [0.25, 0.3) is 0 Å². The van der Waals surface area contributed by atoms with Crippen molar-refractivity contribution in [2.24, 2.45) is 0 Å². The highest BCUT2D eigenvalue weighted by atomic mass is 79.9. The Bertz CT molecular complexity index is 914. The van der Waals surface area contributed by atoms with Crippen molar-refractivity contribution in [2.75, 3.05) is 26.2 Å². The second kappa shape index (κ2) is 8.72. The quantitative estimate of drug-likeness (QED) is 0.617. The van der Waals surface area contributed by atoms with Crippen LogP contribution in [0.3, 0.4) is 0 Å². The Morgan fingerprint density at radius 1 is 1.00 bits per heavy atom. The summed E-state index contributed by atoms with van der Waals surface area (Å²) in [5.41, 5.74) is 0.909. The van der Waals surface area contributed by atoms with E-state index in [1.54, 1.807) is 18.2 Å². The summed E-state index contributed by atoms with van der Waals surface area (Å²) in [4.78, 5) is 14.0. The summed E-state index contributed by atoms with van der Waals surface area (Å²) in [7, 11) is -3.64. The van der Waals surface area contributed by atoms with E-state index in [0.717, 1.165) is 5.56 Å². The topological polar surface area (TPSA) is 66.9 Å². The number of hydrogen-bond acceptors (Lipinski definition) is 4. The van der Waals surface area contributed by atoms with Gasteiger partial charge in [0.2, 0.25) is 10.0 Å². The molecule has 0 radical (unpaired) electrons. The molecule has 0 aromatic heterocycles. The molecule has 144 valence electrons.